The van der Waals surface area contributed by atoms with Crippen LogP contribution in [0.15, 0.2) is 60.7 Å². The fourth-order valence-electron chi connectivity index (χ4n) is 4.99. The summed E-state index contributed by atoms with van der Waals surface area (Å²) < 4.78 is 27.3. The number of nitrogens with zero attached hydrogens (tertiary/aromatic N) is 3. The number of carbonyl (C=O) groups excluding carboxylic acids is 2. The van der Waals surface area contributed by atoms with Gasteiger partial charge in [-0.1, -0.05) is 81.4 Å². The van der Waals surface area contributed by atoms with Gasteiger partial charge in [0.05, 0.1) is 12.3 Å². The lowest BCUT2D eigenvalue weighted by Crippen LogP contribution is -2.51. The van der Waals surface area contributed by atoms with Gasteiger partial charge >= 0.3 is 0 Å². The zero-order valence-electron chi connectivity index (χ0n) is 23.1. The molecule has 3 rings (SSSR count). The fraction of sp³-hybridized carbons (Fsp3) is 0.533. The first-order valence-electron chi connectivity index (χ1n) is 13.8. The fourth-order valence-corrected chi connectivity index (χ4v) is 6.60. The summed E-state index contributed by atoms with van der Waals surface area (Å²) in [5.41, 5.74) is 2.16. The Balaban J connectivity index is 1.68. The van der Waals surface area contributed by atoms with E-state index < -0.39 is 10.0 Å². The summed E-state index contributed by atoms with van der Waals surface area (Å²) in [6, 6.07) is 19.8. The molecule has 1 saturated heterocycles. The minimum atomic E-state index is -3.52. The Bertz CT molecular complexity index is 1110. The van der Waals surface area contributed by atoms with Gasteiger partial charge < -0.3 is 9.80 Å². The van der Waals surface area contributed by atoms with E-state index >= 15 is 0 Å². The van der Waals surface area contributed by atoms with Crippen molar-refractivity contribution in [2.75, 3.05) is 31.9 Å². The van der Waals surface area contributed by atoms with Gasteiger partial charge in [-0.3, -0.25) is 9.59 Å². The number of aryl methyl sites for hydroxylation is 1. The second-order valence-corrected chi connectivity index (χ2v) is 12.7. The number of sulfonamides is 1. The molecule has 208 valence electrons. The molecule has 0 unspecified atom stereocenters. The third kappa shape index (κ3) is 8.95. The highest BCUT2D eigenvalue weighted by atomic mass is 32.2. The average molecular weight is 542 g/mol. The van der Waals surface area contributed by atoms with Crippen LogP contribution in [0.4, 0.5) is 0 Å². The molecule has 2 aromatic carbocycles. The summed E-state index contributed by atoms with van der Waals surface area (Å²) in [4.78, 5) is 30.3. The predicted molar refractivity (Wildman–Crippen MR) is 152 cm³/mol. The normalized spacial score (nSPS) is 14.7. The van der Waals surface area contributed by atoms with Crippen LogP contribution in [0.3, 0.4) is 0 Å². The molecule has 2 aromatic rings. The third-order valence-corrected chi connectivity index (χ3v) is 8.97. The number of rotatable bonds is 13. The number of amides is 2. The van der Waals surface area contributed by atoms with Gasteiger partial charge in [-0.05, 0) is 42.7 Å². The van der Waals surface area contributed by atoms with Crippen molar-refractivity contribution in [2.45, 2.75) is 65.5 Å². The van der Waals surface area contributed by atoms with Crippen LogP contribution in [-0.2, 0) is 32.6 Å². The molecule has 7 nitrogen and oxygen atoms in total. The molecule has 0 bridgehead atoms. The van der Waals surface area contributed by atoms with Crippen molar-refractivity contribution in [3.8, 4) is 0 Å². The number of hydrogen-bond donors (Lipinski definition) is 0. The molecule has 0 spiro atoms. The highest BCUT2D eigenvalue weighted by Gasteiger charge is 2.32. The van der Waals surface area contributed by atoms with E-state index in [1.165, 1.54) is 4.31 Å². The molecule has 1 heterocycles. The minimum Gasteiger partial charge on any atom is -0.343 e. The first kappa shape index (κ1) is 29.8. The number of carbonyl (C=O) groups is 2. The van der Waals surface area contributed by atoms with Crippen LogP contribution in [0.5, 0.6) is 0 Å². The SMILES string of the molecule is CCCS(=O)(=O)N(CC(=O)N(Cc1ccccc1)C1CCN(C(=O)CCc2ccccc2)CC1)CC(C)C. The van der Waals surface area contributed by atoms with E-state index in [4.69, 9.17) is 0 Å². The minimum absolute atomic E-state index is 0.0369. The molecule has 0 atom stereocenters. The molecule has 0 saturated carbocycles. The quantitative estimate of drug-likeness (QED) is 0.378. The van der Waals surface area contributed by atoms with Crippen LogP contribution < -0.4 is 0 Å². The van der Waals surface area contributed by atoms with Crippen molar-refractivity contribution in [3.05, 3.63) is 71.8 Å². The summed E-state index contributed by atoms with van der Waals surface area (Å²) >= 11 is 0. The monoisotopic (exact) mass is 541 g/mol. The number of hydrogen-bond acceptors (Lipinski definition) is 4. The molecular weight excluding hydrogens is 498 g/mol. The maximum absolute atomic E-state index is 13.7. The highest BCUT2D eigenvalue weighted by molar-refractivity contribution is 7.89. The molecule has 38 heavy (non-hydrogen) atoms. The van der Waals surface area contributed by atoms with E-state index in [0.29, 0.717) is 51.9 Å². The molecule has 2 amide bonds. The van der Waals surface area contributed by atoms with E-state index in [1.807, 2.05) is 91.2 Å². The zero-order chi connectivity index (χ0) is 27.5. The standard InChI is InChI=1S/C30H43N3O4S/c1-4-21-38(36,37)32(22-25(2)3)24-30(35)33(23-27-13-9-6-10-14-27)28-17-19-31(20-18-28)29(34)16-15-26-11-7-5-8-12-26/h5-14,25,28H,4,15-24H2,1-3H3. The van der Waals surface area contributed by atoms with Crippen molar-refractivity contribution >= 4 is 21.8 Å². The number of likely N-dealkylation sites (tertiary alicyclic amines) is 1. The Kier molecular flexibility index (Phi) is 11.3. The van der Waals surface area contributed by atoms with Crippen LogP contribution >= 0.6 is 0 Å². The van der Waals surface area contributed by atoms with Crippen LogP contribution in [0.2, 0.25) is 0 Å². The largest absolute Gasteiger partial charge is 0.343 e. The highest BCUT2D eigenvalue weighted by Crippen LogP contribution is 2.22. The second-order valence-electron chi connectivity index (χ2n) is 10.6. The Morgan fingerprint density at radius 3 is 2.08 bits per heavy atom. The second kappa shape index (κ2) is 14.4. The Morgan fingerprint density at radius 2 is 1.53 bits per heavy atom. The Hall–Kier alpha value is -2.71. The van der Waals surface area contributed by atoms with Crippen molar-refractivity contribution < 1.29 is 18.0 Å². The van der Waals surface area contributed by atoms with Crippen molar-refractivity contribution in [1.29, 1.82) is 0 Å². The van der Waals surface area contributed by atoms with Crippen molar-refractivity contribution in [1.82, 2.24) is 14.1 Å². The maximum Gasteiger partial charge on any atom is 0.238 e. The lowest BCUT2D eigenvalue weighted by molar-refractivity contribution is -0.137. The van der Waals surface area contributed by atoms with Gasteiger partial charge in [0, 0.05) is 38.6 Å². The van der Waals surface area contributed by atoms with Crippen LogP contribution in [-0.4, -0.2) is 72.3 Å². The van der Waals surface area contributed by atoms with E-state index in [2.05, 4.69) is 0 Å². The van der Waals surface area contributed by atoms with Gasteiger partial charge in [-0.2, -0.15) is 4.31 Å². The topological polar surface area (TPSA) is 78.0 Å². The van der Waals surface area contributed by atoms with Crippen LogP contribution in [0, 0.1) is 5.92 Å². The predicted octanol–water partition coefficient (Wildman–Crippen LogP) is 4.34. The number of benzene rings is 2. The molecule has 1 aliphatic heterocycles. The van der Waals surface area contributed by atoms with Gasteiger partial charge in [-0.25, -0.2) is 8.42 Å². The molecule has 8 heteroatoms. The molecule has 0 aromatic heterocycles. The van der Waals surface area contributed by atoms with Gasteiger partial charge in [0.15, 0.2) is 0 Å². The summed E-state index contributed by atoms with van der Waals surface area (Å²) in [5.74, 6) is 0.113. The van der Waals surface area contributed by atoms with Gasteiger partial charge in [0.1, 0.15) is 0 Å². The van der Waals surface area contributed by atoms with E-state index in [9.17, 15) is 18.0 Å². The molecular formula is C30H43N3O4S. The Labute approximate surface area is 228 Å². The summed E-state index contributed by atoms with van der Waals surface area (Å²) in [5, 5.41) is 0. The van der Waals surface area contributed by atoms with Gasteiger partial charge in [0.25, 0.3) is 0 Å². The van der Waals surface area contributed by atoms with Gasteiger partial charge in [0.2, 0.25) is 21.8 Å². The first-order valence-corrected chi connectivity index (χ1v) is 15.4. The average Bonchev–Trinajstić information content (AvgIpc) is 2.91. The number of piperidine rings is 1. The van der Waals surface area contributed by atoms with E-state index in [-0.39, 0.29) is 36.1 Å². The van der Waals surface area contributed by atoms with Crippen molar-refractivity contribution in [3.63, 3.8) is 0 Å². The molecule has 0 N–H and O–H groups in total. The van der Waals surface area contributed by atoms with Crippen molar-refractivity contribution in [2.24, 2.45) is 5.92 Å². The molecule has 1 fully saturated rings. The first-order chi connectivity index (χ1) is 18.2. The lowest BCUT2D eigenvalue weighted by atomic mass is 10.0. The molecule has 1 aliphatic rings. The summed E-state index contributed by atoms with van der Waals surface area (Å²) in [6.07, 6.45) is 3.07. The van der Waals surface area contributed by atoms with E-state index in [1.54, 1.807) is 0 Å². The summed E-state index contributed by atoms with van der Waals surface area (Å²) in [7, 11) is -3.52. The Morgan fingerprint density at radius 1 is 0.947 bits per heavy atom. The van der Waals surface area contributed by atoms with E-state index in [0.717, 1.165) is 17.5 Å². The maximum atomic E-state index is 13.7. The molecule has 0 radical (unpaired) electrons. The van der Waals surface area contributed by atoms with Gasteiger partial charge in [-0.15, -0.1) is 0 Å². The van der Waals surface area contributed by atoms with Crippen LogP contribution in [0.1, 0.15) is 57.6 Å². The smallest absolute Gasteiger partial charge is 0.238 e. The third-order valence-electron chi connectivity index (χ3n) is 6.98. The zero-order valence-corrected chi connectivity index (χ0v) is 23.9. The summed E-state index contributed by atoms with van der Waals surface area (Å²) in [6.45, 7) is 7.56. The lowest BCUT2D eigenvalue weighted by Gasteiger charge is -2.39. The van der Waals surface area contributed by atoms with Crippen LogP contribution in [0.25, 0.3) is 0 Å². The molecule has 0 aliphatic carbocycles.